The molecule has 3 rings (SSSR count). The van der Waals surface area contributed by atoms with Gasteiger partial charge in [0.15, 0.2) is 0 Å². The number of benzene rings is 1. The molecule has 1 aromatic heterocycles. The molecule has 6 nitrogen and oxygen atoms in total. The highest BCUT2D eigenvalue weighted by Gasteiger charge is 2.27. The number of amides is 2. The molecule has 2 N–H and O–H groups in total. The molecule has 2 aromatic rings. The van der Waals surface area contributed by atoms with E-state index in [9.17, 15) is 9.59 Å². The van der Waals surface area contributed by atoms with Crippen LogP contribution in [-0.2, 0) is 21.1 Å². The topological polar surface area (TPSA) is 76.0 Å². The maximum Gasteiger partial charge on any atom is 0.314 e. The van der Waals surface area contributed by atoms with Crippen LogP contribution in [0.5, 0.6) is 0 Å². The second-order valence-corrected chi connectivity index (χ2v) is 7.19. The molecule has 0 fully saturated rings. The first-order valence-electron chi connectivity index (χ1n) is 8.37. The first kappa shape index (κ1) is 17.5. The molecule has 0 saturated carbocycles. The van der Waals surface area contributed by atoms with E-state index in [1.54, 1.807) is 16.4 Å². The van der Waals surface area contributed by atoms with Crippen molar-refractivity contribution in [2.24, 2.45) is 0 Å². The Morgan fingerprint density at radius 1 is 1.28 bits per heavy atom. The number of aryl methyl sites for hydroxylation is 1. The molecule has 1 aliphatic rings. The summed E-state index contributed by atoms with van der Waals surface area (Å²) < 4.78 is 1.74. The van der Waals surface area contributed by atoms with Crippen LogP contribution < -0.4 is 10.6 Å². The zero-order chi connectivity index (χ0) is 18.0. The number of hydrogen-bond donors (Lipinski definition) is 2. The largest absolute Gasteiger partial charge is 0.345 e. The maximum absolute atomic E-state index is 12.4. The molecule has 7 heteroatoms. The van der Waals surface area contributed by atoms with Crippen molar-refractivity contribution in [1.82, 2.24) is 15.1 Å². The smallest absolute Gasteiger partial charge is 0.314 e. The highest BCUT2D eigenvalue weighted by Crippen LogP contribution is 2.36. The molecule has 0 unspecified atom stereocenters. The summed E-state index contributed by atoms with van der Waals surface area (Å²) in [6.45, 7) is 5.83. The predicted molar refractivity (Wildman–Crippen MR) is 99.8 cm³/mol. The summed E-state index contributed by atoms with van der Waals surface area (Å²) in [5, 5.41) is 10.1. The molecule has 2 amide bonds. The summed E-state index contributed by atoms with van der Waals surface area (Å²) in [5.74, 6) is 0.916. The summed E-state index contributed by atoms with van der Waals surface area (Å²) >= 11 is 1.75. The van der Waals surface area contributed by atoms with Crippen molar-refractivity contribution in [2.45, 2.75) is 44.7 Å². The normalized spacial score (nSPS) is 14.0. The van der Waals surface area contributed by atoms with E-state index in [1.807, 2.05) is 45.0 Å². The molecule has 0 spiro atoms. The third kappa shape index (κ3) is 3.56. The molecule has 0 radical (unpaired) electrons. The molecule has 1 atom stereocenters. The first-order valence-corrected chi connectivity index (χ1v) is 9.53. The van der Waals surface area contributed by atoms with Crippen molar-refractivity contribution < 1.29 is 9.59 Å². The third-order valence-electron chi connectivity index (χ3n) is 4.32. The van der Waals surface area contributed by atoms with E-state index in [0.717, 1.165) is 40.4 Å². The number of hydrogen-bond acceptors (Lipinski definition) is 4. The number of rotatable bonds is 4. The second kappa shape index (κ2) is 7.31. The molecule has 0 bridgehead atoms. The fourth-order valence-electron chi connectivity index (χ4n) is 2.67. The molecular formula is C18H22N4O2S. The average Bonchev–Trinajstić information content (AvgIpc) is 3.17. The molecule has 1 aromatic carbocycles. The molecule has 1 aliphatic heterocycles. The van der Waals surface area contributed by atoms with Gasteiger partial charge in [0.05, 0.1) is 11.4 Å². The minimum atomic E-state index is -0.658. The van der Waals surface area contributed by atoms with Crippen LogP contribution in [-0.4, -0.2) is 27.6 Å². The van der Waals surface area contributed by atoms with Crippen molar-refractivity contribution >= 4 is 29.4 Å². The van der Waals surface area contributed by atoms with Crippen LogP contribution in [0.15, 0.2) is 24.3 Å². The number of nitrogens with one attached hydrogen (secondary N) is 2. The van der Waals surface area contributed by atoms with E-state index in [2.05, 4.69) is 15.7 Å². The molecule has 0 saturated heterocycles. The Morgan fingerprint density at radius 2 is 2.04 bits per heavy atom. The van der Waals surface area contributed by atoms with E-state index in [1.165, 1.54) is 0 Å². The number of para-hydroxylation sites is 1. The highest BCUT2D eigenvalue weighted by molar-refractivity contribution is 7.98. The zero-order valence-electron chi connectivity index (χ0n) is 14.6. The summed E-state index contributed by atoms with van der Waals surface area (Å²) in [5.41, 5.74) is 3.92. The molecular weight excluding hydrogens is 336 g/mol. The maximum atomic E-state index is 12.4. The van der Waals surface area contributed by atoms with Gasteiger partial charge in [0, 0.05) is 23.1 Å². The lowest BCUT2D eigenvalue weighted by molar-refractivity contribution is -0.136. The number of nitrogens with zero attached hydrogens (tertiary/aromatic N) is 2. The van der Waals surface area contributed by atoms with Crippen LogP contribution in [0.25, 0.3) is 5.69 Å². The number of aromatic nitrogens is 2. The van der Waals surface area contributed by atoms with Gasteiger partial charge in [-0.3, -0.25) is 9.59 Å². The quantitative estimate of drug-likeness (QED) is 0.824. The number of carbonyl (C=O) groups excluding carboxylic acids is 2. The van der Waals surface area contributed by atoms with Gasteiger partial charge in [-0.05, 0) is 31.9 Å². The van der Waals surface area contributed by atoms with Crippen LogP contribution in [0.3, 0.4) is 0 Å². The lowest BCUT2D eigenvalue weighted by atomic mass is 10.2. The van der Waals surface area contributed by atoms with Crippen molar-refractivity contribution in [3.05, 3.63) is 41.1 Å². The van der Waals surface area contributed by atoms with Gasteiger partial charge in [-0.15, -0.1) is 0 Å². The average molecular weight is 358 g/mol. The molecule has 0 aliphatic carbocycles. The predicted octanol–water partition coefficient (Wildman–Crippen LogP) is 2.78. The van der Waals surface area contributed by atoms with E-state index in [4.69, 9.17) is 0 Å². The fourth-order valence-corrected chi connectivity index (χ4v) is 3.71. The third-order valence-corrected chi connectivity index (χ3v) is 5.29. The van der Waals surface area contributed by atoms with E-state index in [-0.39, 0.29) is 6.04 Å². The Morgan fingerprint density at radius 3 is 2.76 bits per heavy atom. The molecule has 132 valence electrons. The zero-order valence-corrected chi connectivity index (χ0v) is 15.4. The van der Waals surface area contributed by atoms with Gasteiger partial charge < -0.3 is 10.6 Å². The van der Waals surface area contributed by atoms with E-state index in [0.29, 0.717) is 5.82 Å². The lowest BCUT2D eigenvalue weighted by Gasteiger charge is -2.14. The van der Waals surface area contributed by atoms with Crippen LogP contribution in [0, 0.1) is 6.92 Å². The number of carbonyl (C=O) groups is 2. The second-order valence-electron chi connectivity index (χ2n) is 6.20. The van der Waals surface area contributed by atoms with Crippen molar-refractivity contribution in [2.75, 3.05) is 5.32 Å². The Labute approximate surface area is 151 Å². The minimum absolute atomic E-state index is 0.0409. The van der Waals surface area contributed by atoms with Crippen molar-refractivity contribution in [3.8, 4) is 5.69 Å². The molecule has 25 heavy (non-hydrogen) atoms. The first-order chi connectivity index (χ1) is 12.0. The Balaban J connectivity index is 1.92. The van der Waals surface area contributed by atoms with Gasteiger partial charge in [0.1, 0.15) is 5.82 Å². The SMILES string of the molecule is CC[C@@H](C)NC(=O)C(=O)Nc1c2c(nn1-c1ccccc1C)CSC2. The summed E-state index contributed by atoms with van der Waals surface area (Å²) in [6, 6.07) is 7.81. The van der Waals surface area contributed by atoms with E-state index < -0.39 is 11.8 Å². The Kier molecular flexibility index (Phi) is 5.13. The monoisotopic (exact) mass is 358 g/mol. The number of fused-ring (bicyclic) bond motifs is 1. The number of anilines is 1. The number of thioether (sulfide) groups is 1. The van der Waals surface area contributed by atoms with Gasteiger partial charge in [-0.2, -0.15) is 16.9 Å². The van der Waals surface area contributed by atoms with Crippen molar-refractivity contribution in [3.63, 3.8) is 0 Å². The van der Waals surface area contributed by atoms with Gasteiger partial charge in [-0.1, -0.05) is 25.1 Å². The van der Waals surface area contributed by atoms with Crippen LogP contribution in [0.2, 0.25) is 0 Å². The van der Waals surface area contributed by atoms with Crippen LogP contribution in [0.4, 0.5) is 5.82 Å². The summed E-state index contributed by atoms with van der Waals surface area (Å²) in [4.78, 5) is 24.5. The van der Waals surface area contributed by atoms with Crippen LogP contribution >= 0.6 is 11.8 Å². The van der Waals surface area contributed by atoms with Crippen LogP contribution in [0.1, 0.15) is 37.1 Å². The Hall–Kier alpha value is -2.28. The van der Waals surface area contributed by atoms with Gasteiger partial charge in [0.2, 0.25) is 0 Å². The fraction of sp³-hybridized carbons (Fsp3) is 0.389. The van der Waals surface area contributed by atoms with Gasteiger partial charge >= 0.3 is 11.8 Å². The van der Waals surface area contributed by atoms with Gasteiger partial charge in [-0.25, -0.2) is 4.68 Å². The Bertz CT molecular complexity index is 815. The minimum Gasteiger partial charge on any atom is -0.345 e. The van der Waals surface area contributed by atoms with Crippen molar-refractivity contribution in [1.29, 1.82) is 0 Å². The van der Waals surface area contributed by atoms with E-state index >= 15 is 0 Å². The highest BCUT2D eigenvalue weighted by atomic mass is 32.2. The summed E-state index contributed by atoms with van der Waals surface area (Å²) in [6.07, 6.45) is 0.770. The summed E-state index contributed by atoms with van der Waals surface area (Å²) in [7, 11) is 0. The molecule has 2 heterocycles. The van der Waals surface area contributed by atoms with Gasteiger partial charge in [0.25, 0.3) is 0 Å². The standard InChI is InChI=1S/C18H22N4O2S/c1-4-12(3)19-17(23)18(24)20-16-13-9-25-10-14(13)21-22(16)15-8-6-5-7-11(15)2/h5-8,12H,4,9-10H2,1-3H3,(H,19,23)(H,20,24)/t12-/m1/s1. The lowest BCUT2D eigenvalue weighted by Crippen LogP contribution is -2.40.